The number of ketones is 1. The molecule has 0 aromatic heterocycles. The van der Waals surface area contributed by atoms with E-state index < -0.39 is 5.97 Å². The smallest absolute Gasteiger partial charge is 0.340 e. The zero-order valence-corrected chi connectivity index (χ0v) is 16.9. The van der Waals surface area contributed by atoms with Crippen LogP contribution in [0, 0.1) is 0 Å². The average Bonchev–Trinajstić information content (AvgIpc) is 2.91. The molecule has 2 aromatic rings. The van der Waals surface area contributed by atoms with Crippen molar-refractivity contribution in [3.63, 3.8) is 0 Å². The number of carbonyl (C=O) groups excluding carboxylic acids is 2. The van der Waals surface area contributed by atoms with Crippen molar-refractivity contribution in [2.24, 2.45) is 0 Å². The number of allylic oxidation sites excluding steroid dienone is 1. The zero-order chi connectivity index (χ0) is 21.0. The zero-order valence-electron chi connectivity index (χ0n) is 16.9. The van der Waals surface area contributed by atoms with Gasteiger partial charge < -0.3 is 20.1 Å². The Bertz CT molecular complexity index is 949. The first-order valence-electron chi connectivity index (χ1n) is 9.55. The van der Waals surface area contributed by atoms with Crippen LogP contribution in [-0.2, 0) is 14.9 Å². The van der Waals surface area contributed by atoms with Crippen molar-refractivity contribution in [2.45, 2.75) is 19.3 Å². The number of aliphatic hydroxyl groups is 1. The van der Waals surface area contributed by atoms with Gasteiger partial charge >= 0.3 is 5.97 Å². The number of esters is 1. The predicted octanol–water partition coefficient (Wildman–Crippen LogP) is 3.13. The van der Waals surface area contributed by atoms with E-state index in [0.29, 0.717) is 17.8 Å². The molecule has 3 rings (SSSR count). The maximum atomic E-state index is 12.5. The van der Waals surface area contributed by atoms with E-state index in [1.54, 1.807) is 30.3 Å². The number of nitrogens with one attached hydrogen (secondary N) is 1. The summed E-state index contributed by atoms with van der Waals surface area (Å²) in [4.78, 5) is 27.0. The van der Waals surface area contributed by atoms with Gasteiger partial charge in [0.15, 0.2) is 12.4 Å². The number of fused-ring (bicyclic) bond motifs is 1. The Morgan fingerprint density at radius 3 is 2.55 bits per heavy atom. The first-order valence-corrected chi connectivity index (χ1v) is 9.55. The lowest BCUT2D eigenvalue weighted by molar-refractivity contribution is -0.117. The van der Waals surface area contributed by atoms with Crippen molar-refractivity contribution in [2.75, 3.05) is 37.0 Å². The number of rotatable bonds is 7. The van der Waals surface area contributed by atoms with Gasteiger partial charge in [-0.2, -0.15) is 0 Å². The number of carbonyl (C=O) groups is 2. The third kappa shape index (κ3) is 4.17. The average molecular weight is 394 g/mol. The molecular formula is C23H26N2O4. The van der Waals surface area contributed by atoms with Gasteiger partial charge in [-0.25, -0.2) is 4.79 Å². The highest BCUT2D eigenvalue weighted by Gasteiger charge is 2.38. The number of likely N-dealkylation sites (N-methyl/N-ethyl adjacent to an activating group) is 1. The molecule has 1 aliphatic rings. The fraction of sp³-hybridized carbons (Fsp3) is 0.304. The first kappa shape index (κ1) is 20.6. The molecule has 0 saturated heterocycles. The fourth-order valence-corrected chi connectivity index (χ4v) is 3.67. The molecule has 0 atom stereocenters. The highest BCUT2D eigenvalue weighted by atomic mass is 16.5. The summed E-state index contributed by atoms with van der Waals surface area (Å²) in [5.41, 5.74) is 3.66. The maximum Gasteiger partial charge on any atom is 0.340 e. The lowest BCUT2D eigenvalue weighted by Gasteiger charge is -2.23. The van der Waals surface area contributed by atoms with Gasteiger partial charge in [0, 0.05) is 42.2 Å². The molecule has 0 radical (unpaired) electrons. The molecule has 0 bridgehead atoms. The van der Waals surface area contributed by atoms with Crippen LogP contribution < -0.4 is 10.2 Å². The van der Waals surface area contributed by atoms with E-state index in [1.165, 1.54) is 0 Å². The number of anilines is 2. The molecule has 6 heteroatoms. The Hall–Kier alpha value is -3.12. The van der Waals surface area contributed by atoms with E-state index in [1.807, 2.05) is 30.1 Å². The minimum atomic E-state index is -0.583. The van der Waals surface area contributed by atoms with E-state index in [-0.39, 0.29) is 24.4 Å². The molecule has 0 unspecified atom stereocenters. The molecule has 1 heterocycles. The summed E-state index contributed by atoms with van der Waals surface area (Å²) in [6.07, 6.45) is 1.56. The molecule has 0 spiro atoms. The van der Waals surface area contributed by atoms with Crippen molar-refractivity contribution < 1.29 is 19.4 Å². The third-order valence-electron chi connectivity index (χ3n) is 5.16. The number of ether oxygens (including phenoxy) is 1. The normalized spacial score (nSPS) is 15.9. The van der Waals surface area contributed by atoms with Crippen LogP contribution in [0.25, 0.3) is 0 Å². The van der Waals surface area contributed by atoms with Crippen LogP contribution in [-0.4, -0.2) is 43.7 Å². The van der Waals surface area contributed by atoms with E-state index in [9.17, 15) is 9.59 Å². The van der Waals surface area contributed by atoms with Crippen LogP contribution in [0.3, 0.4) is 0 Å². The van der Waals surface area contributed by atoms with Crippen LogP contribution in [0.15, 0.2) is 60.3 Å². The second kappa shape index (κ2) is 8.49. The first-order chi connectivity index (χ1) is 13.9. The standard InChI is InChI=1S/C23H26N2O4/c1-23(2)18-9-5-7-11-20(18)25(3)21(23)14-16(27)15-29-22(28)17-8-4-6-10-19(17)24-12-13-26/h4-11,14,24,26H,12-13,15H2,1-3H3/b21-14-. The van der Waals surface area contributed by atoms with E-state index in [0.717, 1.165) is 16.9 Å². The summed E-state index contributed by atoms with van der Waals surface area (Å²) in [6, 6.07) is 14.9. The highest BCUT2D eigenvalue weighted by Crippen LogP contribution is 2.46. The highest BCUT2D eigenvalue weighted by molar-refractivity contribution is 5.99. The van der Waals surface area contributed by atoms with Gasteiger partial charge in [-0.05, 0) is 23.8 Å². The lowest BCUT2D eigenvalue weighted by atomic mass is 9.83. The van der Waals surface area contributed by atoms with Crippen molar-refractivity contribution in [3.8, 4) is 0 Å². The number of nitrogens with zero attached hydrogens (tertiary/aromatic N) is 1. The molecule has 6 nitrogen and oxygen atoms in total. The van der Waals surface area contributed by atoms with E-state index in [2.05, 4.69) is 25.2 Å². The number of para-hydroxylation sites is 2. The molecule has 2 aromatic carbocycles. The molecule has 152 valence electrons. The summed E-state index contributed by atoms with van der Waals surface area (Å²) < 4.78 is 5.25. The summed E-state index contributed by atoms with van der Waals surface area (Å²) in [5.74, 6) is -0.859. The summed E-state index contributed by atoms with van der Waals surface area (Å²) >= 11 is 0. The molecular weight excluding hydrogens is 368 g/mol. The van der Waals surface area contributed by atoms with Crippen LogP contribution in [0.1, 0.15) is 29.8 Å². The predicted molar refractivity (Wildman–Crippen MR) is 113 cm³/mol. The summed E-state index contributed by atoms with van der Waals surface area (Å²) in [7, 11) is 1.93. The summed E-state index contributed by atoms with van der Waals surface area (Å²) in [5, 5.41) is 11.9. The largest absolute Gasteiger partial charge is 0.454 e. The van der Waals surface area contributed by atoms with Gasteiger partial charge in [0.05, 0.1) is 12.2 Å². The number of benzene rings is 2. The molecule has 0 amide bonds. The lowest BCUT2D eigenvalue weighted by Crippen LogP contribution is -2.25. The molecule has 0 aliphatic carbocycles. The molecule has 29 heavy (non-hydrogen) atoms. The quantitative estimate of drug-likeness (QED) is 0.555. The van der Waals surface area contributed by atoms with Gasteiger partial charge in [-0.15, -0.1) is 0 Å². The van der Waals surface area contributed by atoms with Crippen molar-refractivity contribution in [3.05, 3.63) is 71.4 Å². The Morgan fingerprint density at radius 2 is 1.83 bits per heavy atom. The minimum Gasteiger partial charge on any atom is -0.454 e. The number of hydrogen-bond acceptors (Lipinski definition) is 6. The maximum absolute atomic E-state index is 12.5. The van der Waals surface area contributed by atoms with Crippen molar-refractivity contribution in [1.29, 1.82) is 0 Å². The van der Waals surface area contributed by atoms with E-state index in [4.69, 9.17) is 9.84 Å². The van der Waals surface area contributed by atoms with Gasteiger partial charge in [-0.3, -0.25) is 4.79 Å². The Kier molecular flexibility index (Phi) is 6.03. The van der Waals surface area contributed by atoms with Crippen LogP contribution in [0.4, 0.5) is 11.4 Å². The fourth-order valence-electron chi connectivity index (χ4n) is 3.67. The third-order valence-corrected chi connectivity index (χ3v) is 5.16. The van der Waals surface area contributed by atoms with Gasteiger partial charge in [-0.1, -0.05) is 44.2 Å². The number of hydrogen-bond donors (Lipinski definition) is 2. The number of aliphatic hydroxyl groups excluding tert-OH is 1. The van der Waals surface area contributed by atoms with Crippen LogP contribution in [0.5, 0.6) is 0 Å². The van der Waals surface area contributed by atoms with E-state index >= 15 is 0 Å². The van der Waals surface area contributed by atoms with Crippen LogP contribution in [0.2, 0.25) is 0 Å². The molecule has 2 N–H and O–H groups in total. The van der Waals surface area contributed by atoms with Crippen molar-refractivity contribution in [1.82, 2.24) is 0 Å². The van der Waals surface area contributed by atoms with Gasteiger partial charge in [0.2, 0.25) is 0 Å². The molecule has 0 fully saturated rings. The molecule has 1 aliphatic heterocycles. The van der Waals surface area contributed by atoms with Gasteiger partial charge in [0.1, 0.15) is 0 Å². The van der Waals surface area contributed by atoms with Crippen LogP contribution >= 0.6 is 0 Å². The SMILES string of the molecule is CN1/C(=C\C(=O)COC(=O)c2ccccc2NCCO)C(C)(C)c2ccccc21. The minimum absolute atomic E-state index is 0.0544. The Morgan fingerprint density at radius 1 is 1.14 bits per heavy atom. The second-order valence-electron chi connectivity index (χ2n) is 7.47. The second-order valence-corrected chi connectivity index (χ2v) is 7.47. The van der Waals surface area contributed by atoms with Crippen molar-refractivity contribution >= 4 is 23.1 Å². The Labute approximate surface area is 170 Å². The van der Waals surface area contributed by atoms with Gasteiger partial charge in [0.25, 0.3) is 0 Å². The monoisotopic (exact) mass is 394 g/mol. The molecule has 0 saturated carbocycles. The Balaban J connectivity index is 1.70. The topological polar surface area (TPSA) is 78.9 Å². The summed E-state index contributed by atoms with van der Waals surface area (Å²) in [6.45, 7) is 4.07.